The number of benzene rings is 4. The molecule has 0 spiro atoms. The lowest BCUT2D eigenvalue weighted by Crippen LogP contribution is -2.34. The van der Waals surface area contributed by atoms with Crippen molar-refractivity contribution in [2.75, 3.05) is 77.9 Å². The maximum Gasteiger partial charge on any atom is 0.227 e. The Kier molecular flexibility index (Phi) is 18.7. The standard InChI is InChI=1S/C49H59N5O7.H3N.H2/c1-53(26-10-18-42-39-14-5-2-11-36(39)20-21-37-12-3-6-15-40(37)42)46(56)24-27-58-29-31-60-33-34-61-32-30-59-28-25-52-49-41-16-7-4-13-38(41)35-54(47(57)23-22-45(50)55)44-19-9-8-17-43(44)48(49)51;;/h2-9,11-19,52H,10,20-35,51H2,1H3,(H2,50,55);1H3;1H/b49-48-;;. The number of carbonyl (C=O) groups excluding carboxylic acids is 3. The number of aryl methyl sites for hydroxylation is 2. The second kappa shape index (κ2) is 24.6. The summed E-state index contributed by atoms with van der Waals surface area (Å²) in [5.41, 5.74) is 23.2. The molecule has 1 heterocycles. The summed E-state index contributed by atoms with van der Waals surface area (Å²) in [4.78, 5) is 40.9. The highest BCUT2D eigenvalue weighted by Crippen LogP contribution is 2.36. The number of para-hydroxylation sites is 1. The highest BCUT2D eigenvalue weighted by molar-refractivity contribution is 6.01. The number of carbonyl (C=O) groups is 3. The quantitative estimate of drug-likeness (QED) is 0.0670. The molecule has 0 aromatic heterocycles. The summed E-state index contributed by atoms with van der Waals surface area (Å²) < 4.78 is 22.8. The molecule has 4 aromatic carbocycles. The van der Waals surface area contributed by atoms with Crippen molar-refractivity contribution in [1.29, 1.82) is 0 Å². The van der Waals surface area contributed by atoms with Gasteiger partial charge >= 0.3 is 0 Å². The molecule has 1 aliphatic heterocycles. The number of nitrogens with one attached hydrogen (secondary N) is 1. The first-order chi connectivity index (χ1) is 29.8. The molecule has 0 radical (unpaired) electrons. The lowest BCUT2D eigenvalue weighted by atomic mass is 9.93. The summed E-state index contributed by atoms with van der Waals surface area (Å²) in [5.74, 6) is -0.657. The molecule has 0 atom stereocenters. The van der Waals surface area contributed by atoms with Gasteiger partial charge in [-0.15, -0.1) is 0 Å². The van der Waals surface area contributed by atoms with E-state index in [0.29, 0.717) is 90.3 Å². The summed E-state index contributed by atoms with van der Waals surface area (Å²) >= 11 is 0. The van der Waals surface area contributed by atoms with Crippen molar-refractivity contribution in [1.82, 2.24) is 16.4 Å². The fourth-order valence-electron chi connectivity index (χ4n) is 7.68. The first-order valence-corrected chi connectivity index (χ1v) is 21.2. The average Bonchev–Trinajstić information content (AvgIpc) is 3.43. The molecule has 0 bridgehead atoms. The number of nitrogens with zero attached hydrogens (tertiary/aromatic N) is 2. The fourth-order valence-corrected chi connectivity index (χ4v) is 7.68. The van der Waals surface area contributed by atoms with Crippen molar-refractivity contribution < 1.29 is 34.8 Å². The van der Waals surface area contributed by atoms with Crippen LogP contribution in [0.25, 0.3) is 17.0 Å². The maximum atomic E-state index is 13.3. The Morgan fingerprint density at radius 1 is 0.677 bits per heavy atom. The molecule has 8 N–H and O–H groups in total. The van der Waals surface area contributed by atoms with E-state index in [0.717, 1.165) is 41.6 Å². The summed E-state index contributed by atoms with van der Waals surface area (Å²) in [5, 5.41) is 3.47. The van der Waals surface area contributed by atoms with Gasteiger partial charge in [-0.3, -0.25) is 14.4 Å². The Hall–Kier alpha value is -5.83. The summed E-state index contributed by atoms with van der Waals surface area (Å²) in [6.45, 7) is 4.76. The number of amides is 3. The topological polar surface area (TPSA) is 194 Å². The maximum absolute atomic E-state index is 13.3. The molecule has 1 aliphatic carbocycles. The number of anilines is 1. The van der Waals surface area contributed by atoms with Crippen molar-refractivity contribution in [2.24, 2.45) is 11.5 Å². The third kappa shape index (κ3) is 13.1. The number of hydrogen-bond donors (Lipinski definition) is 4. The molecule has 332 valence electrons. The van der Waals surface area contributed by atoms with Crippen molar-refractivity contribution in [3.05, 3.63) is 142 Å². The predicted octanol–water partition coefficient (Wildman–Crippen LogP) is 6.12. The smallest absolute Gasteiger partial charge is 0.227 e. The lowest BCUT2D eigenvalue weighted by Gasteiger charge is -2.30. The first-order valence-electron chi connectivity index (χ1n) is 21.2. The number of nitrogens with two attached hydrogens (primary N) is 2. The van der Waals surface area contributed by atoms with E-state index >= 15 is 0 Å². The summed E-state index contributed by atoms with van der Waals surface area (Å²) in [6.07, 6.45) is 5.42. The van der Waals surface area contributed by atoms with Crippen molar-refractivity contribution in [3.8, 4) is 0 Å². The second-order valence-electron chi connectivity index (χ2n) is 15.1. The Morgan fingerprint density at radius 3 is 1.81 bits per heavy atom. The lowest BCUT2D eigenvalue weighted by molar-refractivity contribution is -0.131. The van der Waals surface area contributed by atoms with Gasteiger partial charge in [-0.25, -0.2) is 0 Å². The minimum Gasteiger partial charge on any atom is -0.396 e. The Balaban J connectivity index is 0.00000436. The van der Waals surface area contributed by atoms with Crippen LogP contribution in [0.2, 0.25) is 0 Å². The van der Waals surface area contributed by atoms with Gasteiger partial charge in [0, 0.05) is 45.5 Å². The zero-order chi connectivity index (χ0) is 42.8. The van der Waals surface area contributed by atoms with Crippen molar-refractivity contribution >= 4 is 40.4 Å². The Morgan fingerprint density at radius 2 is 1.19 bits per heavy atom. The van der Waals surface area contributed by atoms with Gasteiger partial charge in [0.2, 0.25) is 17.7 Å². The van der Waals surface area contributed by atoms with Crippen molar-refractivity contribution in [2.45, 2.75) is 45.1 Å². The second-order valence-corrected chi connectivity index (χ2v) is 15.1. The van der Waals surface area contributed by atoms with Crippen molar-refractivity contribution in [3.63, 3.8) is 0 Å². The molecule has 4 aromatic rings. The zero-order valence-electron chi connectivity index (χ0n) is 35.9. The van der Waals surface area contributed by atoms with Gasteiger partial charge in [-0.05, 0) is 58.7 Å². The molecule has 62 heavy (non-hydrogen) atoms. The van der Waals surface area contributed by atoms with E-state index in [1.165, 1.54) is 27.8 Å². The minimum atomic E-state index is -0.518. The third-order valence-electron chi connectivity index (χ3n) is 10.9. The van der Waals surface area contributed by atoms with Crippen LogP contribution >= 0.6 is 0 Å². The molecule has 13 heteroatoms. The van der Waals surface area contributed by atoms with Gasteiger partial charge in [-0.2, -0.15) is 0 Å². The van der Waals surface area contributed by atoms with Crippen LogP contribution < -0.4 is 27.8 Å². The van der Waals surface area contributed by atoms with Crippen LogP contribution in [0.3, 0.4) is 0 Å². The molecule has 0 saturated heterocycles. The monoisotopic (exact) mass is 848 g/mol. The van der Waals surface area contributed by atoms with Crippen LogP contribution in [0.15, 0.2) is 103 Å². The fraction of sp³-hybridized carbons (Fsp3) is 0.367. The van der Waals surface area contributed by atoms with Crippen LogP contribution in [-0.2, 0) is 52.7 Å². The van der Waals surface area contributed by atoms with Gasteiger partial charge in [0.05, 0.1) is 82.9 Å². The average molecular weight is 849 g/mol. The van der Waals surface area contributed by atoms with E-state index in [1.807, 2.05) is 55.6 Å². The molecule has 2 aliphatic rings. The normalized spacial score (nSPS) is 14.1. The molecule has 0 saturated carbocycles. The molecular weight excluding hydrogens is 785 g/mol. The summed E-state index contributed by atoms with van der Waals surface area (Å²) in [6, 6.07) is 32.6. The highest BCUT2D eigenvalue weighted by atomic mass is 16.6. The number of ether oxygens (including phenoxy) is 4. The molecule has 3 amide bonds. The molecular formula is C49H64N6O7. The largest absolute Gasteiger partial charge is 0.396 e. The van der Waals surface area contributed by atoms with Gasteiger partial charge in [0.15, 0.2) is 0 Å². The third-order valence-corrected chi connectivity index (χ3v) is 10.9. The van der Waals surface area contributed by atoms with E-state index in [-0.39, 0.29) is 32.2 Å². The summed E-state index contributed by atoms with van der Waals surface area (Å²) in [7, 11) is 1.85. The van der Waals surface area contributed by atoms with Gasteiger partial charge in [0.25, 0.3) is 0 Å². The Labute approximate surface area is 367 Å². The number of rotatable bonds is 22. The van der Waals surface area contributed by atoms with Crippen LogP contribution in [-0.4, -0.2) is 95.6 Å². The van der Waals surface area contributed by atoms with E-state index in [4.69, 9.17) is 30.4 Å². The molecule has 0 fully saturated rings. The van der Waals surface area contributed by atoms with Crippen LogP contribution in [0.5, 0.6) is 0 Å². The molecule has 13 nitrogen and oxygen atoms in total. The Bertz CT molecular complexity index is 2130. The van der Waals surface area contributed by atoms with E-state index < -0.39 is 5.91 Å². The van der Waals surface area contributed by atoms with Crippen LogP contribution in [0.4, 0.5) is 5.69 Å². The van der Waals surface area contributed by atoms with Crippen LogP contribution in [0, 0.1) is 0 Å². The molecule has 0 unspecified atom stereocenters. The van der Waals surface area contributed by atoms with E-state index in [9.17, 15) is 14.4 Å². The van der Waals surface area contributed by atoms with E-state index in [1.54, 1.807) is 9.80 Å². The number of fused-ring (bicyclic) bond motifs is 4. The predicted molar refractivity (Wildman–Crippen MR) is 246 cm³/mol. The number of hydrogen-bond acceptors (Lipinski definition) is 10. The van der Waals surface area contributed by atoms with Gasteiger partial charge in [0.1, 0.15) is 0 Å². The number of primary amides is 1. The van der Waals surface area contributed by atoms with Crippen LogP contribution in [0.1, 0.15) is 66.1 Å². The molecule has 6 rings (SSSR count). The highest BCUT2D eigenvalue weighted by Gasteiger charge is 2.26. The van der Waals surface area contributed by atoms with Gasteiger partial charge in [-0.1, -0.05) is 97.1 Å². The van der Waals surface area contributed by atoms with Gasteiger partial charge < -0.3 is 51.7 Å². The zero-order valence-corrected chi connectivity index (χ0v) is 35.9. The van der Waals surface area contributed by atoms with E-state index in [2.05, 4.69) is 59.9 Å². The minimum absolute atomic E-state index is 0. The first kappa shape index (κ1) is 47.2. The SMILES string of the molecule is CN(CCC=C1c2ccccc2CCc2ccccc21)C(=O)CCOCCOCCOCCOCCN/C1=C(\N)c2ccccc2N(C(=O)CCC(N)=O)Cc2ccccc21.N.[HH].